The van der Waals surface area contributed by atoms with E-state index in [1.807, 2.05) is 6.07 Å². The molecule has 0 saturated heterocycles. The Balaban J connectivity index is 2.03. The number of hydrogen-bond donors (Lipinski definition) is 1. The van der Waals surface area contributed by atoms with Crippen LogP contribution in [0.3, 0.4) is 0 Å². The fourth-order valence-corrected chi connectivity index (χ4v) is 1.94. The fourth-order valence-electron chi connectivity index (χ4n) is 1.94. The van der Waals surface area contributed by atoms with Gasteiger partial charge in [-0.05, 0) is 44.0 Å². The number of hydrogen-bond acceptors (Lipinski definition) is 3. The number of nitrogens with zero attached hydrogens (tertiary/aromatic N) is 1. The number of pyridine rings is 1. The second-order valence-corrected chi connectivity index (χ2v) is 5.12. The molecule has 1 aromatic heterocycles. The highest BCUT2D eigenvalue weighted by molar-refractivity contribution is 5.31. The first-order valence-electron chi connectivity index (χ1n) is 7.23. The summed E-state index contributed by atoms with van der Waals surface area (Å²) in [5.74, 6) is 0.640. The zero-order chi connectivity index (χ0) is 15.2. The molecule has 0 bridgehead atoms. The standard InChI is InChI=1S/C17H21FN2O/c1-4-9-19-13(3)14-6-8-17(20-11-14)21-15-7-5-12(2)16(18)10-15/h5-8,10-11,13,19H,4,9H2,1-3H3. The van der Waals surface area contributed by atoms with Crippen molar-refractivity contribution in [2.75, 3.05) is 6.54 Å². The quantitative estimate of drug-likeness (QED) is 0.856. The van der Waals surface area contributed by atoms with Gasteiger partial charge < -0.3 is 10.1 Å². The molecule has 0 aliphatic carbocycles. The van der Waals surface area contributed by atoms with Gasteiger partial charge >= 0.3 is 0 Å². The molecule has 4 heteroatoms. The summed E-state index contributed by atoms with van der Waals surface area (Å²) in [5, 5.41) is 3.40. The fraction of sp³-hybridized carbons (Fsp3) is 0.353. The zero-order valence-corrected chi connectivity index (χ0v) is 12.7. The summed E-state index contributed by atoms with van der Waals surface area (Å²) in [7, 11) is 0. The molecule has 0 spiro atoms. The van der Waals surface area contributed by atoms with Crippen molar-refractivity contribution in [1.82, 2.24) is 10.3 Å². The SMILES string of the molecule is CCCNC(C)c1ccc(Oc2ccc(C)c(F)c2)nc1. The molecule has 1 unspecified atom stereocenters. The lowest BCUT2D eigenvalue weighted by Crippen LogP contribution is -2.19. The van der Waals surface area contributed by atoms with E-state index in [1.165, 1.54) is 6.07 Å². The molecule has 2 aromatic rings. The number of nitrogens with one attached hydrogen (secondary N) is 1. The predicted molar refractivity (Wildman–Crippen MR) is 82.2 cm³/mol. The normalized spacial score (nSPS) is 12.2. The summed E-state index contributed by atoms with van der Waals surface area (Å²) in [5.41, 5.74) is 1.70. The molecule has 1 heterocycles. The van der Waals surface area contributed by atoms with Gasteiger partial charge in [-0.3, -0.25) is 0 Å². The Morgan fingerprint density at radius 1 is 1.29 bits per heavy atom. The van der Waals surface area contributed by atoms with Crippen molar-refractivity contribution < 1.29 is 9.13 Å². The van der Waals surface area contributed by atoms with Crippen LogP contribution in [0.2, 0.25) is 0 Å². The van der Waals surface area contributed by atoms with E-state index < -0.39 is 0 Å². The van der Waals surface area contributed by atoms with Crippen LogP contribution in [0.1, 0.15) is 37.4 Å². The number of aryl methyl sites for hydroxylation is 1. The lowest BCUT2D eigenvalue weighted by molar-refractivity contribution is 0.456. The Kier molecular flexibility index (Phi) is 5.28. The Morgan fingerprint density at radius 2 is 2.10 bits per heavy atom. The van der Waals surface area contributed by atoms with E-state index in [9.17, 15) is 4.39 Å². The molecule has 1 aromatic carbocycles. The third kappa shape index (κ3) is 4.26. The molecule has 2 rings (SSSR count). The monoisotopic (exact) mass is 288 g/mol. The Bertz CT molecular complexity index is 584. The van der Waals surface area contributed by atoms with Crippen LogP contribution < -0.4 is 10.1 Å². The van der Waals surface area contributed by atoms with Crippen LogP contribution in [0.4, 0.5) is 4.39 Å². The second kappa shape index (κ2) is 7.18. The summed E-state index contributed by atoms with van der Waals surface area (Å²) < 4.78 is 19.0. The molecular weight excluding hydrogens is 267 g/mol. The van der Waals surface area contributed by atoms with Gasteiger partial charge in [0.2, 0.25) is 5.88 Å². The van der Waals surface area contributed by atoms with E-state index in [4.69, 9.17) is 4.74 Å². The van der Waals surface area contributed by atoms with Gasteiger partial charge in [0.25, 0.3) is 0 Å². The van der Waals surface area contributed by atoms with Crippen LogP contribution >= 0.6 is 0 Å². The lowest BCUT2D eigenvalue weighted by Gasteiger charge is -2.13. The summed E-state index contributed by atoms with van der Waals surface area (Å²) in [6.45, 7) is 6.93. The Morgan fingerprint density at radius 3 is 2.71 bits per heavy atom. The van der Waals surface area contributed by atoms with Crippen LogP contribution in [-0.2, 0) is 0 Å². The highest BCUT2D eigenvalue weighted by Crippen LogP contribution is 2.22. The minimum absolute atomic E-state index is 0.253. The first-order chi connectivity index (χ1) is 10.1. The van der Waals surface area contributed by atoms with Crippen molar-refractivity contribution in [1.29, 1.82) is 0 Å². The average molecular weight is 288 g/mol. The number of rotatable bonds is 6. The number of ether oxygens (including phenoxy) is 1. The number of aromatic nitrogens is 1. The maximum atomic E-state index is 13.5. The van der Waals surface area contributed by atoms with Gasteiger partial charge in [0, 0.05) is 24.4 Å². The largest absolute Gasteiger partial charge is 0.439 e. The molecule has 21 heavy (non-hydrogen) atoms. The molecule has 0 radical (unpaired) electrons. The van der Waals surface area contributed by atoms with E-state index in [-0.39, 0.29) is 11.9 Å². The summed E-state index contributed by atoms with van der Waals surface area (Å²) in [6, 6.07) is 8.83. The minimum atomic E-state index is -0.276. The maximum absolute atomic E-state index is 13.5. The van der Waals surface area contributed by atoms with Crippen molar-refractivity contribution >= 4 is 0 Å². The minimum Gasteiger partial charge on any atom is -0.439 e. The Labute approximate surface area is 125 Å². The third-order valence-electron chi connectivity index (χ3n) is 3.33. The van der Waals surface area contributed by atoms with E-state index in [2.05, 4.69) is 24.1 Å². The third-order valence-corrected chi connectivity index (χ3v) is 3.33. The molecule has 0 fully saturated rings. The smallest absolute Gasteiger partial charge is 0.219 e. The van der Waals surface area contributed by atoms with Gasteiger partial charge in [-0.2, -0.15) is 0 Å². The molecule has 0 aliphatic rings. The van der Waals surface area contributed by atoms with Crippen LogP contribution in [-0.4, -0.2) is 11.5 Å². The lowest BCUT2D eigenvalue weighted by atomic mass is 10.1. The molecule has 0 aliphatic heterocycles. The summed E-state index contributed by atoms with van der Waals surface area (Å²) in [4.78, 5) is 4.27. The molecule has 0 amide bonds. The number of benzene rings is 1. The molecule has 112 valence electrons. The van der Waals surface area contributed by atoms with E-state index in [1.54, 1.807) is 31.3 Å². The van der Waals surface area contributed by atoms with Crippen LogP contribution in [0.5, 0.6) is 11.6 Å². The van der Waals surface area contributed by atoms with Crippen molar-refractivity contribution in [3.05, 3.63) is 53.5 Å². The topological polar surface area (TPSA) is 34.1 Å². The van der Waals surface area contributed by atoms with Gasteiger partial charge in [0.05, 0.1) is 0 Å². The van der Waals surface area contributed by atoms with Gasteiger partial charge in [0.15, 0.2) is 0 Å². The van der Waals surface area contributed by atoms with E-state index >= 15 is 0 Å². The summed E-state index contributed by atoms with van der Waals surface area (Å²) >= 11 is 0. The maximum Gasteiger partial charge on any atom is 0.219 e. The van der Waals surface area contributed by atoms with E-state index in [0.29, 0.717) is 17.2 Å². The first-order valence-corrected chi connectivity index (χ1v) is 7.23. The molecule has 3 nitrogen and oxygen atoms in total. The van der Waals surface area contributed by atoms with Crippen LogP contribution in [0.15, 0.2) is 36.5 Å². The highest BCUT2D eigenvalue weighted by atomic mass is 19.1. The average Bonchev–Trinajstić information content (AvgIpc) is 2.49. The van der Waals surface area contributed by atoms with Crippen LogP contribution in [0, 0.1) is 12.7 Å². The Hall–Kier alpha value is -1.94. The van der Waals surface area contributed by atoms with Crippen molar-refractivity contribution in [2.45, 2.75) is 33.2 Å². The molecule has 1 atom stereocenters. The van der Waals surface area contributed by atoms with Crippen LogP contribution in [0.25, 0.3) is 0 Å². The van der Waals surface area contributed by atoms with Crippen molar-refractivity contribution in [2.24, 2.45) is 0 Å². The van der Waals surface area contributed by atoms with E-state index in [0.717, 1.165) is 18.5 Å². The van der Waals surface area contributed by atoms with Crippen molar-refractivity contribution in [3.8, 4) is 11.6 Å². The van der Waals surface area contributed by atoms with Gasteiger partial charge in [-0.1, -0.05) is 19.1 Å². The molecule has 0 saturated carbocycles. The number of halogens is 1. The van der Waals surface area contributed by atoms with Crippen molar-refractivity contribution in [3.63, 3.8) is 0 Å². The van der Waals surface area contributed by atoms with Gasteiger partial charge in [-0.15, -0.1) is 0 Å². The van der Waals surface area contributed by atoms with Gasteiger partial charge in [-0.25, -0.2) is 9.37 Å². The second-order valence-electron chi connectivity index (χ2n) is 5.12. The molecule has 1 N–H and O–H groups in total. The first kappa shape index (κ1) is 15.4. The molecular formula is C17H21FN2O. The zero-order valence-electron chi connectivity index (χ0n) is 12.7. The van der Waals surface area contributed by atoms with Gasteiger partial charge in [0.1, 0.15) is 11.6 Å². The summed E-state index contributed by atoms with van der Waals surface area (Å²) in [6.07, 6.45) is 2.88. The predicted octanol–water partition coefficient (Wildman–Crippen LogP) is 4.38. The highest BCUT2D eigenvalue weighted by Gasteiger charge is 2.06.